The van der Waals surface area contributed by atoms with Gasteiger partial charge in [0.2, 0.25) is 6.04 Å². The second-order valence-corrected chi connectivity index (χ2v) is 2.99. The third kappa shape index (κ3) is 2.30. The van der Waals surface area contributed by atoms with Gasteiger partial charge >= 0.3 is 6.18 Å². The predicted molar refractivity (Wildman–Crippen MR) is 37.8 cm³/mol. The first kappa shape index (κ1) is 10.2. The van der Waals surface area contributed by atoms with Gasteiger partial charge in [0.15, 0.2) is 0 Å². The average Bonchev–Trinajstić information content (AvgIpc) is 2.03. The zero-order chi connectivity index (χ0) is 10.1. The van der Waals surface area contributed by atoms with Crippen LogP contribution in [0.15, 0.2) is 0 Å². The van der Waals surface area contributed by atoms with E-state index in [-0.39, 0.29) is 19.5 Å². The van der Waals surface area contributed by atoms with Crippen LogP contribution in [-0.4, -0.2) is 30.2 Å². The minimum Gasteiger partial charge on any atom is -0.310 e. The van der Waals surface area contributed by atoms with Gasteiger partial charge in [0.25, 0.3) is 0 Å². The van der Waals surface area contributed by atoms with Crippen molar-refractivity contribution in [3.63, 3.8) is 0 Å². The number of nitrogens with zero attached hydrogens (tertiary/aromatic N) is 1. The Morgan fingerprint density at radius 2 is 2.08 bits per heavy atom. The molecule has 2 atom stereocenters. The van der Waals surface area contributed by atoms with Gasteiger partial charge in [-0.05, 0) is 13.0 Å². The Bertz CT molecular complexity index is 207. The summed E-state index contributed by atoms with van der Waals surface area (Å²) in [5, 5.41) is 12.9. The number of rotatable bonds is 1. The lowest BCUT2D eigenvalue weighted by Crippen LogP contribution is -2.50. The third-order valence-electron chi connectivity index (χ3n) is 2.14. The number of alkyl halides is 3. The van der Waals surface area contributed by atoms with Crippen LogP contribution in [0.3, 0.4) is 0 Å². The van der Waals surface area contributed by atoms with Crippen molar-refractivity contribution in [1.29, 1.82) is 0 Å². The van der Waals surface area contributed by atoms with Crippen LogP contribution in [-0.2, 0) is 0 Å². The monoisotopic (exact) mass is 198 g/mol. The van der Waals surface area contributed by atoms with Gasteiger partial charge in [-0.2, -0.15) is 13.2 Å². The SMILES string of the molecule is O=[N+]([O-])[C@H]1CNCC[C@H]1C(F)(F)F. The molecule has 76 valence electrons. The minimum atomic E-state index is -4.46. The fraction of sp³-hybridized carbons (Fsp3) is 1.00. The number of hydrogen-bond donors (Lipinski definition) is 1. The Balaban J connectivity index is 2.73. The van der Waals surface area contributed by atoms with E-state index < -0.39 is 23.1 Å². The van der Waals surface area contributed by atoms with Gasteiger partial charge in [0.1, 0.15) is 5.92 Å². The number of nitrogens with one attached hydrogen (secondary N) is 1. The van der Waals surface area contributed by atoms with Crippen LogP contribution in [0.25, 0.3) is 0 Å². The molecule has 7 heteroatoms. The normalized spacial score (nSPS) is 30.1. The van der Waals surface area contributed by atoms with Crippen molar-refractivity contribution in [2.75, 3.05) is 13.1 Å². The number of halogens is 3. The van der Waals surface area contributed by atoms with E-state index in [1.807, 2.05) is 0 Å². The summed E-state index contributed by atoms with van der Waals surface area (Å²) < 4.78 is 36.7. The lowest BCUT2D eigenvalue weighted by molar-refractivity contribution is -0.541. The zero-order valence-corrected chi connectivity index (χ0v) is 6.67. The van der Waals surface area contributed by atoms with Gasteiger partial charge in [-0.3, -0.25) is 10.1 Å². The average molecular weight is 198 g/mol. The number of nitro groups is 1. The molecule has 0 radical (unpaired) electrons. The quantitative estimate of drug-likeness (QED) is 0.501. The van der Waals surface area contributed by atoms with E-state index in [2.05, 4.69) is 5.32 Å². The predicted octanol–water partition coefficient (Wildman–Crippen LogP) is 0.803. The van der Waals surface area contributed by atoms with Gasteiger partial charge in [-0.15, -0.1) is 0 Å². The molecular weight excluding hydrogens is 189 g/mol. The molecule has 4 nitrogen and oxygen atoms in total. The molecule has 13 heavy (non-hydrogen) atoms. The van der Waals surface area contributed by atoms with E-state index in [9.17, 15) is 23.3 Å². The van der Waals surface area contributed by atoms with Crippen LogP contribution < -0.4 is 5.32 Å². The van der Waals surface area contributed by atoms with Gasteiger partial charge < -0.3 is 5.32 Å². The van der Waals surface area contributed by atoms with Crippen molar-refractivity contribution in [3.8, 4) is 0 Å². The van der Waals surface area contributed by atoms with Crippen molar-refractivity contribution in [1.82, 2.24) is 5.32 Å². The highest BCUT2D eigenvalue weighted by molar-refractivity contribution is 4.82. The fourth-order valence-electron chi connectivity index (χ4n) is 1.45. The molecule has 1 N–H and O–H groups in total. The highest BCUT2D eigenvalue weighted by atomic mass is 19.4. The van der Waals surface area contributed by atoms with E-state index in [0.717, 1.165) is 0 Å². The zero-order valence-electron chi connectivity index (χ0n) is 6.67. The Labute approximate surface area is 72.3 Å². The Kier molecular flexibility index (Phi) is 2.74. The Morgan fingerprint density at radius 1 is 1.46 bits per heavy atom. The molecule has 0 bridgehead atoms. The van der Waals surface area contributed by atoms with Crippen LogP contribution >= 0.6 is 0 Å². The second-order valence-electron chi connectivity index (χ2n) is 2.99. The van der Waals surface area contributed by atoms with E-state index >= 15 is 0 Å². The lowest BCUT2D eigenvalue weighted by Gasteiger charge is -2.27. The van der Waals surface area contributed by atoms with Crippen molar-refractivity contribution in [2.24, 2.45) is 5.92 Å². The standard InChI is InChI=1S/C6H9F3N2O2/c7-6(8,9)4-1-2-10-3-5(4)11(12)13/h4-5,10H,1-3H2/t4-,5+/m1/s1. The van der Waals surface area contributed by atoms with Crippen LogP contribution in [0.4, 0.5) is 13.2 Å². The molecule has 0 aliphatic carbocycles. The smallest absolute Gasteiger partial charge is 0.310 e. The molecular formula is C6H9F3N2O2. The first-order valence-corrected chi connectivity index (χ1v) is 3.84. The molecule has 0 aromatic heterocycles. The van der Waals surface area contributed by atoms with Crippen molar-refractivity contribution >= 4 is 0 Å². The highest BCUT2D eigenvalue weighted by Gasteiger charge is 2.51. The summed E-state index contributed by atoms with van der Waals surface area (Å²) in [7, 11) is 0. The first-order chi connectivity index (χ1) is 5.93. The van der Waals surface area contributed by atoms with Crippen LogP contribution in [0.2, 0.25) is 0 Å². The molecule has 1 saturated heterocycles. The summed E-state index contributed by atoms with van der Waals surface area (Å²) in [6.07, 6.45) is -4.67. The lowest BCUT2D eigenvalue weighted by atomic mass is 9.93. The molecule has 1 fully saturated rings. The highest BCUT2D eigenvalue weighted by Crippen LogP contribution is 2.33. The molecule has 0 amide bonds. The molecule has 0 saturated carbocycles. The van der Waals surface area contributed by atoms with Crippen LogP contribution in [0.5, 0.6) is 0 Å². The Morgan fingerprint density at radius 3 is 2.46 bits per heavy atom. The third-order valence-corrected chi connectivity index (χ3v) is 2.14. The van der Waals surface area contributed by atoms with E-state index in [1.54, 1.807) is 0 Å². The van der Waals surface area contributed by atoms with Crippen molar-refractivity contribution in [3.05, 3.63) is 10.1 Å². The van der Waals surface area contributed by atoms with Gasteiger partial charge in [0, 0.05) is 4.92 Å². The molecule has 0 unspecified atom stereocenters. The van der Waals surface area contributed by atoms with Gasteiger partial charge in [0.05, 0.1) is 6.54 Å². The van der Waals surface area contributed by atoms with Crippen LogP contribution in [0.1, 0.15) is 6.42 Å². The number of piperidine rings is 1. The van der Waals surface area contributed by atoms with Gasteiger partial charge in [-0.1, -0.05) is 0 Å². The minimum absolute atomic E-state index is 0.189. The van der Waals surface area contributed by atoms with Crippen molar-refractivity contribution < 1.29 is 18.1 Å². The molecule has 1 aliphatic heterocycles. The van der Waals surface area contributed by atoms with E-state index in [4.69, 9.17) is 0 Å². The van der Waals surface area contributed by atoms with Crippen molar-refractivity contribution in [2.45, 2.75) is 18.6 Å². The summed E-state index contributed by atoms with van der Waals surface area (Å²) in [5.74, 6) is -1.80. The molecule has 0 aromatic carbocycles. The maximum Gasteiger partial charge on any atom is 0.398 e. The molecule has 0 aromatic rings. The molecule has 0 spiro atoms. The van der Waals surface area contributed by atoms with E-state index in [0.29, 0.717) is 0 Å². The maximum absolute atomic E-state index is 12.2. The molecule has 1 heterocycles. The number of hydrogen-bond acceptors (Lipinski definition) is 3. The molecule has 1 rings (SSSR count). The molecule has 1 aliphatic rings. The van der Waals surface area contributed by atoms with Gasteiger partial charge in [-0.25, -0.2) is 0 Å². The summed E-state index contributed by atoms with van der Waals surface area (Å²) in [4.78, 5) is 9.42. The largest absolute Gasteiger partial charge is 0.398 e. The second kappa shape index (κ2) is 3.49. The topological polar surface area (TPSA) is 55.2 Å². The van der Waals surface area contributed by atoms with Crippen LogP contribution in [0, 0.1) is 16.0 Å². The first-order valence-electron chi connectivity index (χ1n) is 3.84. The van der Waals surface area contributed by atoms with E-state index in [1.165, 1.54) is 0 Å². The Hall–Kier alpha value is -0.850. The summed E-state index contributed by atoms with van der Waals surface area (Å²) >= 11 is 0. The summed E-state index contributed by atoms with van der Waals surface area (Å²) in [6.45, 7) is -0.00824. The fourth-order valence-corrected chi connectivity index (χ4v) is 1.45. The summed E-state index contributed by atoms with van der Waals surface area (Å²) in [5.41, 5.74) is 0. The maximum atomic E-state index is 12.2. The summed E-state index contributed by atoms with van der Waals surface area (Å²) in [6, 6.07) is -1.53.